The van der Waals surface area contributed by atoms with Crippen molar-refractivity contribution in [3.05, 3.63) is 83.2 Å². The van der Waals surface area contributed by atoms with Crippen molar-refractivity contribution in [2.24, 2.45) is 5.73 Å². The molecule has 1 saturated heterocycles. The Morgan fingerprint density at radius 3 is 2.38 bits per heavy atom. The van der Waals surface area contributed by atoms with Gasteiger partial charge in [0.2, 0.25) is 0 Å². The SMILES string of the molecule is C[C@@H](NC(=O)c1cc(N2CCN(C3(CO)CC3)CC2)ccn1)c1ccc(-c2cc(C(F)(F)F)ccc2CN)cc1. The molecule has 1 atom stereocenters. The normalized spacial score (nSPS) is 17.9. The highest BCUT2D eigenvalue weighted by molar-refractivity contribution is 5.93. The van der Waals surface area contributed by atoms with Gasteiger partial charge >= 0.3 is 6.18 Å². The molecule has 1 amide bonds. The summed E-state index contributed by atoms with van der Waals surface area (Å²) in [4.78, 5) is 21.9. The molecule has 2 fully saturated rings. The van der Waals surface area contributed by atoms with Gasteiger partial charge < -0.3 is 21.1 Å². The van der Waals surface area contributed by atoms with Crippen LogP contribution in [0.15, 0.2) is 60.8 Å². The second-order valence-corrected chi connectivity index (χ2v) is 10.6. The van der Waals surface area contributed by atoms with Crippen molar-refractivity contribution in [1.82, 2.24) is 15.2 Å². The topological polar surface area (TPSA) is 94.7 Å². The largest absolute Gasteiger partial charge is 0.416 e. The number of nitrogens with zero attached hydrogens (tertiary/aromatic N) is 3. The van der Waals surface area contributed by atoms with Crippen LogP contribution in [0.2, 0.25) is 0 Å². The highest BCUT2D eigenvalue weighted by atomic mass is 19.4. The van der Waals surface area contributed by atoms with E-state index in [9.17, 15) is 23.1 Å². The number of nitrogens with one attached hydrogen (secondary N) is 1. The molecule has 1 saturated carbocycles. The number of piperazine rings is 1. The Morgan fingerprint density at radius 2 is 1.77 bits per heavy atom. The lowest BCUT2D eigenvalue weighted by atomic mass is 9.95. The van der Waals surface area contributed by atoms with Crippen molar-refractivity contribution in [3.8, 4) is 11.1 Å². The lowest BCUT2D eigenvalue weighted by Gasteiger charge is -2.40. The predicted octanol–water partition coefficient (Wildman–Crippen LogP) is 4.36. The minimum absolute atomic E-state index is 0.0243. The van der Waals surface area contributed by atoms with Crippen LogP contribution in [0.25, 0.3) is 11.1 Å². The Kier molecular flexibility index (Phi) is 7.85. The number of pyridine rings is 1. The van der Waals surface area contributed by atoms with E-state index in [-0.39, 0.29) is 30.6 Å². The van der Waals surface area contributed by atoms with Crippen molar-refractivity contribution < 1.29 is 23.1 Å². The number of aliphatic hydroxyl groups is 1. The third kappa shape index (κ3) is 5.84. The lowest BCUT2D eigenvalue weighted by molar-refractivity contribution is -0.137. The fourth-order valence-electron chi connectivity index (χ4n) is 5.40. The average molecular weight is 554 g/mol. The standard InChI is InChI=1S/C30H34F3N5O2/c1-20(21-2-4-22(5-3-21)26-16-24(30(31,32)33)7-6-23(26)18-34)36-28(40)27-17-25(8-11-35-27)37-12-14-38(15-13-37)29(19-39)9-10-29/h2-8,11,16-17,20,39H,9-10,12-15,18-19,34H2,1H3,(H,36,40)/t20-/m1/s1. The van der Waals surface area contributed by atoms with E-state index in [0.717, 1.165) is 62.4 Å². The molecule has 0 bridgehead atoms. The Bertz CT molecular complexity index is 1350. The molecule has 7 nitrogen and oxygen atoms in total. The van der Waals surface area contributed by atoms with E-state index in [1.165, 1.54) is 6.07 Å². The summed E-state index contributed by atoms with van der Waals surface area (Å²) in [7, 11) is 0. The third-order valence-electron chi connectivity index (χ3n) is 8.14. The van der Waals surface area contributed by atoms with Gasteiger partial charge in [-0.2, -0.15) is 13.2 Å². The summed E-state index contributed by atoms with van der Waals surface area (Å²) in [6, 6.07) is 14.0. The average Bonchev–Trinajstić information content (AvgIpc) is 3.78. The summed E-state index contributed by atoms with van der Waals surface area (Å²) in [5.41, 5.74) is 8.76. The molecule has 4 N–H and O–H groups in total. The molecule has 40 heavy (non-hydrogen) atoms. The molecule has 2 heterocycles. The second-order valence-electron chi connectivity index (χ2n) is 10.6. The first-order chi connectivity index (χ1) is 19.1. The van der Waals surface area contributed by atoms with Crippen LogP contribution in [-0.4, -0.2) is 59.2 Å². The van der Waals surface area contributed by atoms with Crippen LogP contribution in [0.3, 0.4) is 0 Å². The van der Waals surface area contributed by atoms with Crippen LogP contribution in [0.1, 0.15) is 53.0 Å². The van der Waals surface area contributed by atoms with E-state index in [0.29, 0.717) is 22.4 Å². The fourth-order valence-corrected chi connectivity index (χ4v) is 5.40. The number of amides is 1. The number of alkyl halides is 3. The number of aromatic nitrogens is 1. The van der Waals surface area contributed by atoms with Crippen molar-refractivity contribution >= 4 is 11.6 Å². The lowest BCUT2D eigenvalue weighted by Crippen LogP contribution is -2.52. The molecule has 0 radical (unpaired) electrons. The minimum atomic E-state index is -4.44. The molecule has 1 aliphatic carbocycles. The van der Waals surface area contributed by atoms with Crippen LogP contribution in [0, 0.1) is 0 Å². The quantitative estimate of drug-likeness (QED) is 0.384. The zero-order valence-electron chi connectivity index (χ0n) is 22.4. The van der Waals surface area contributed by atoms with Crippen molar-refractivity contribution in [1.29, 1.82) is 0 Å². The Labute approximate surface area is 231 Å². The summed E-state index contributed by atoms with van der Waals surface area (Å²) in [5, 5.41) is 12.7. The molecule has 10 heteroatoms. The van der Waals surface area contributed by atoms with Gasteiger partial charge in [0.15, 0.2) is 0 Å². The van der Waals surface area contributed by atoms with Crippen LogP contribution < -0.4 is 16.0 Å². The van der Waals surface area contributed by atoms with E-state index < -0.39 is 11.7 Å². The highest BCUT2D eigenvalue weighted by Gasteiger charge is 2.48. The number of anilines is 1. The van der Waals surface area contributed by atoms with Crippen molar-refractivity contribution in [3.63, 3.8) is 0 Å². The van der Waals surface area contributed by atoms with E-state index >= 15 is 0 Å². The van der Waals surface area contributed by atoms with Gasteiger partial charge in [-0.25, -0.2) is 0 Å². The first-order valence-electron chi connectivity index (χ1n) is 13.5. The molecule has 2 aromatic carbocycles. The molecule has 2 aliphatic rings. The predicted molar refractivity (Wildman–Crippen MR) is 148 cm³/mol. The first kappa shape index (κ1) is 28.1. The number of aliphatic hydroxyl groups excluding tert-OH is 1. The monoisotopic (exact) mass is 553 g/mol. The zero-order valence-corrected chi connectivity index (χ0v) is 22.4. The fraction of sp³-hybridized carbons (Fsp3) is 0.400. The summed E-state index contributed by atoms with van der Waals surface area (Å²) in [6.45, 7) is 5.52. The molecule has 1 aromatic heterocycles. The third-order valence-corrected chi connectivity index (χ3v) is 8.14. The zero-order chi connectivity index (χ0) is 28.5. The van der Waals surface area contributed by atoms with Gasteiger partial charge in [0.1, 0.15) is 5.69 Å². The van der Waals surface area contributed by atoms with Gasteiger partial charge in [0.05, 0.1) is 18.2 Å². The van der Waals surface area contributed by atoms with E-state index in [2.05, 4.69) is 20.1 Å². The second kappa shape index (κ2) is 11.2. The van der Waals surface area contributed by atoms with E-state index in [4.69, 9.17) is 5.73 Å². The maximum atomic E-state index is 13.3. The minimum Gasteiger partial charge on any atom is -0.394 e. The van der Waals surface area contributed by atoms with Crippen LogP contribution in [0.4, 0.5) is 18.9 Å². The molecule has 3 aromatic rings. The number of hydrogen-bond donors (Lipinski definition) is 3. The highest BCUT2D eigenvalue weighted by Crippen LogP contribution is 2.41. The number of benzene rings is 2. The van der Waals surface area contributed by atoms with Crippen LogP contribution in [0.5, 0.6) is 0 Å². The van der Waals surface area contributed by atoms with Gasteiger partial charge in [0, 0.05) is 50.1 Å². The summed E-state index contributed by atoms with van der Waals surface area (Å²) < 4.78 is 39.8. The summed E-state index contributed by atoms with van der Waals surface area (Å²) >= 11 is 0. The smallest absolute Gasteiger partial charge is 0.394 e. The maximum Gasteiger partial charge on any atom is 0.416 e. The van der Waals surface area contributed by atoms with E-state index in [1.807, 2.05) is 13.0 Å². The Balaban J connectivity index is 1.24. The van der Waals surface area contributed by atoms with Crippen molar-refractivity contribution in [2.75, 3.05) is 37.7 Å². The van der Waals surface area contributed by atoms with E-state index in [1.54, 1.807) is 36.5 Å². The van der Waals surface area contributed by atoms with Crippen LogP contribution >= 0.6 is 0 Å². The Hall–Kier alpha value is -3.47. The molecule has 0 unspecified atom stereocenters. The molecule has 5 rings (SSSR count). The molecule has 0 spiro atoms. The number of halogens is 3. The van der Waals surface area contributed by atoms with Gasteiger partial charge in [0.25, 0.3) is 5.91 Å². The number of carbonyl (C=O) groups excluding carboxylic acids is 1. The molecular formula is C30H34F3N5O2. The number of nitrogens with two attached hydrogens (primary N) is 1. The van der Waals surface area contributed by atoms with Crippen LogP contribution in [-0.2, 0) is 12.7 Å². The molecule has 1 aliphatic heterocycles. The van der Waals surface area contributed by atoms with Gasteiger partial charge in [-0.3, -0.25) is 14.7 Å². The number of hydrogen-bond acceptors (Lipinski definition) is 6. The first-order valence-corrected chi connectivity index (χ1v) is 13.5. The van der Waals surface area contributed by atoms with Gasteiger partial charge in [-0.05, 0) is 66.3 Å². The maximum absolute atomic E-state index is 13.3. The van der Waals surface area contributed by atoms with Gasteiger partial charge in [-0.15, -0.1) is 0 Å². The number of carbonyl (C=O) groups is 1. The molecular weight excluding hydrogens is 519 g/mol. The summed E-state index contributed by atoms with van der Waals surface area (Å²) in [5.74, 6) is -0.308. The summed E-state index contributed by atoms with van der Waals surface area (Å²) in [6.07, 6.45) is -0.718. The number of rotatable bonds is 8. The molecule has 212 valence electrons. The Morgan fingerprint density at radius 1 is 1.07 bits per heavy atom. The van der Waals surface area contributed by atoms with Crippen molar-refractivity contribution in [2.45, 2.75) is 44.1 Å². The van der Waals surface area contributed by atoms with Gasteiger partial charge in [-0.1, -0.05) is 30.3 Å².